The molecule has 2 aliphatic rings. The second-order valence-corrected chi connectivity index (χ2v) is 6.01. The van der Waals surface area contributed by atoms with E-state index in [0.29, 0.717) is 11.7 Å². The molecule has 19 heavy (non-hydrogen) atoms. The van der Waals surface area contributed by atoms with Crippen molar-refractivity contribution in [3.8, 4) is 0 Å². The van der Waals surface area contributed by atoms with Gasteiger partial charge in [0.1, 0.15) is 5.02 Å². The summed E-state index contributed by atoms with van der Waals surface area (Å²) in [6.07, 6.45) is 5.50. The molecule has 1 aromatic heterocycles. The molecule has 1 saturated carbocycles. The summed E-state index contributed by atoms with van der Waals surface area (Å²) in [6.45, 7) is 3.38. The Morgan fingerprint density at radius 1 is 1.47 bits per heavy atom. The number of anilines is 1. The van der Waals surface area contributed by atoms with Crippen LogP contribution in [0.3, 0.4) is 0 Å². The quantitative estimate of drug-likeness (QED) is 0.905. The summed E-state index contributed by atoms with van der Waals surface area (Å²) in [5.74, 6) is 0.924. The van der Waals surface area contributed by atoms with Crippen LogP contribution in [0.15, 0.2) is 11.0 Å². The summed E-state index contributed by atoms with van der Waals surface area (Å²) in [6, 6.07) is 0.366. The molecular weight excluding hydrogens is 264 g/mol. The molecule has 0 radical (unpaired) electrons. The Morgan fingerprint density at radius 3 is 3.00 bits per heavy atom. The zero-order chi connectivity index (χ0) is 13.4. The van der Waals surface area contributed by atoms with Gasteiger partial charge in [-0.25, -0.2) is 4.68 Å². The molecular formula is C13H19ClN4O. The first-order valence-corrected chi connectivity index (χ1v) is 7.22. The smallest absolute Gasteiger partial charge is 0.287 e. The van der Waals surface area contributed by atoms with E-state index in [1.54, 1.807) is 13.2 Å². The molecule has 104 valence electrons. The lowest BCUT2D eigenvalue weighted by molar-refractivity contribution is 0.322. The molecule has 3 rings (SSSR count). The van der Waals surface area contributed by atoms with Crippen LogP contribution in [-0.4, -0.2) is 40.4 Å². The number of aryl methyl sites for hydroxylation is 1. The molecule has 0 amide bonds. The zero-order valence-electron chi connectivity index (χ0n) is 11.1. The van der Waals surface area contributed by atoms with Gasteiger partial charge in [0, 0.05) is 32.7 Å². The Morgan fingerprint density at radius 2 is 2.26 bits per heavy atom. The molecule has 0 aromatic carbocycles. The van der Waals surface area contributed by atoms with Gasteiger partial charge in [-0.05, 0) is 25.2 Å². The largest absolute Gasteiger partial charge is 0.378 e. The Labute approximate surface area is 117 Å². The molecule has 0 spiro atoms. The van der Waals surface area contributed by atoms with Crippen LogP contribution in [0.1, 0.15) is 19.3 Å². The third-order valence-corrected chi connectivity index (χ3v) is 4.29. The van der Waals surface area contributed by atoms with Crippen LogP contribution in [0.2, 0.25) is 5.02 Å². The molecule has 1 atom stereocenters. The van der Waals surface area contributed by atoms with E-state index in [9.17, 15) is 4.79 Å². The zero-order valence-corrected chi connectivity index (χ0v) is 11.9. The number of likely N-dealkylation sites (tertiary alicyclic amines) is 1. The van der Waals surface area contributed by atoms with Crippen molar-refractivity contribution in [1.29, 1.82) is 0 Å². The van der Waals surface area contributed by atoms with Crippen LogP contribution < -0.4 is 10.9 Å². The normalized spacial score (nSPS) is 23.8. The summed E-state index contributed by atoms with van der Waals surface area (Å²) in [7, 11) is 1.60. The lowest BCUT2D eigenvalue weighted by atomic mass is 10.2. The van der Waals surface area contributed by atoms with Crippen molar-refractivity contribution in [2.75, 3.05) is 25.0 Å². The molecule has 2 fully saturated rings. The topological polar surface area (TPSA) is 50.2 Å². The van der Waals surface area contributed by atoms with Crippen molar-refractivity contribution in [2.24, 2.45) is 13.0 Å². The molecule has 0 unspecified atom stereocenters. The maximum absolute atomic E-state index is 11.7. The number of hydrogen-bond donors (Lipinski definition) is 1. The van der Waals surface area contributed by atoms with Crippen molar-refractivity contribution < 1.29 is 0 Å². The average Bonchev–Trinajstić information content (AvgIpc) is 3.09. The minimum absolute atomic E-state index is 0.234. The number of halogens is 1. The fourth-order valence-electron chi connectivity index (χ4n) is 2.61. The van der Waals surface area contributed by atoms with Gasteiger partial charge in [0.2, 0.25) is 0 Å². The molecule has 1 N–H and O–H groups in total. The Balaban J connectivity index is 1.62. The summed E-state index contributed by atoms with van der Waals surface area (Å²) < 4.78 is 1.25. The van der Waals surface area contributed by atoms with E-state index < -0.39 is 0 Å². The van der Waals surface area contributed by atoms with E-state index in [-0.39, 0.29) is 10.6 Å². The molecule has 1 aliphatic heterocycles. The monoisotopic (exact) mass is 282 g/mol. The van der Waals surface area contributed by atoms with Gasteiger partial charge in [-0.15, -0.1) is 0 Å². The summed E-state index contributed by atoms with van der Waals surface area (Å²) in [4.78, 5) is 14.2. The highest BCUT2D eigenvalue weighted by Crippen LogP contribution is 2.31. The van der Waals surface area contributed by atoms with E-state index in [4.69, 9.17) is 11.6 Å². The molecule has 1 aromatic rings. The Hall–Kier alpha value is -1.07. The van der Waals surface area contributed by atoms with Crippen LogP contribution in [-0.2, 0) is 7.05 Å². The number of nitrogens with one attached hydrogen (secondary N) is 1. The van der Waals surface area contributed by atoms with Gasteiger partial charge in [-0.3, -0.25) is 4.79 Å². The SMILES string of the molecule is Cn1ncc(N[C@H]2CCN(CC3CC3)C2)c(Cl)c1=O. The van der Waals surface area contributed by atoms with Crippen molar-refractivity contribution in [3.05, 3.63) is 21.6 Å². The second kappa shape index (κ2) is 5.13. The first-order chi connectivity index (χ1) is 9.13. The standard InChI is InChI=1S/C13H19ClN4O/c1-17-13(19)12(14)11(6-15-17)16-10-4-5-18(8-10)7-9-2-3-9/h6,9-10,16H,2-5,7-8H2,1H3/t10-/m0/s1. The predicted octanol–water partition coefficient (Wildman–Crippen LogP) is 1.33. The number of nitrogens with zero attached hydrogens (tertiary/aromatic N) is 3. The predicted molar refractivity (Wildman–Crippen MR) is 75.7 cm³/mol. The minimum atomic E-state index is -0.250. The summed E-state index contributed by atoms with van der Waals surface area (Å²) >= 11 is 6.06. The van der Waals surface area contributed by atoms with E-state index in [1.807, 2.05) is 0 Å². The van der Waals surface area contributed by atoms with Gasteiger partial charge >= 0.3 is 0 Å². The van der Waals surface area contributed by atoms with E-state index in [2.05, 4.69) is 15.3 Å². The molecule has 6 heteroatoms. The van der Waals surface area contributed by atoms with Crippen LogP contribution in [0, 0.1) is 5.92 Å². The highest BCUT2D eigenvalue weighted by Gasteiger charge is 2.29. The highest BCUT2D eigenvalue weighted by molar-refractivity contribution is 6.32. The van der Waals surface area contributed by atoms with E-state index in [1.165, 1.54) is 24.1 Å². The lowest BCUT2D eigenvalue weighted by Gasteiger charge is -2.17. The maximum Gasteiger partial charge on any atom is 0.287 e. The minimum Gasteiger partial charge on any atom is -0.378 e. The van der Waals surface area contributed by atoms with Crippen LogP contribution in [0.5, 0.6) is 0 Å². The van der Waals surface area contributed by atoms with Crippen molar-refractivity contribution in [1.82, 2.24) is 14.7 Å². The van der Waals surface area contributed by atoms with Crippen molar-refractivity contribution in [2.45, 2.75) is 25.3 Å². The molecule has 1 saturated heterocycles. The molecule has 1 aliphatic carbocycles. The van der Waals surface area contributed by atoms with Crippen LogP contribution in [0.4, 0.5) is 5.69 Å². The third kappa shape index (κ3) is 2.92. The van der Waals surface area contributed by atoms with Gasteiger partial charge in [-0.1, -0.05) is 11.6 Å². The lowest BCUT2D eigenvalue weighted by Crippen LogP contribution is -2.29. The number of rotatable bonds is 4. The second-order valence-electron chi connectivity index (χ2n) is 5.63. The van der Waals surface area contributed by atoms with Crippen LogP contribution >= 0.6 is 11.6 Å². The van der Waals surface area contributed by atoms with Crippen molar-refractivity contribution >= 4 is 17.3 Å². The third-order valence-electron chi connectivity index (χ3n) is 3.92. The molecule has 0 bridgehead atoms. The molecule has 2 heterocycles. The van der Waals surface area contributed by atoms with Crippen molar-refractivity contribution in [3.63, 3.8) is 0 Å². The molecule has 5 nitrogen and oxygen atoms in total. The Bertz CT molecular complexity index is 526. The maximum atomic E-state index is 11.7. The number of aromatic nitrogens is 2. The first kappa shape index (κ1) is 12.9. The fraction of sp³-hybridized carbons (Fsp3) is 0.692. The van der Waals surface area contributed by atoms with Gasteiger partial charge in [0.25, 0.3) is 5.56 Å². The Kier molecular flexibility index (Phi) is 3.50. The van der Waals surface area contributed by atoms with E-state index in [0.717, 1.165) is 25.4 Å². The van der Waals surface area contributed by atoms with Gasteiger partial charge < -0.3 is 10.2 Å². The highest BCUT2D eigenvalue weighted by atomic mass is 35.5. The summed E-state index contributed by atoms with van der Waals surface area (Å²) in [5, 5.41) is 7.59. The first-order valence-electron chi connectivity index (χ1n) is 6.84. The fourth-order valence-corrected chi connectivity index (χ4v) is 2.84. The van der Waals surface area contributed by atoms with Gasteiger partial charge in [-0.2, -0.15) is 5.10 Å². The number of hydrogen-bond acceptors (Lipinski definition) is 4. The van der Waals surface area contributed by atoms with E-state index >= 15 is 0 Å². The summed E-state index contributed by atoms with van der Waals surface area (Å²) in [5.41, 5.74) is 0.405. The van der Waals surface area contributed by atoms with Crippen LogP contribution in [0.25, 0.3) is 0 Å². The van der Waals surface area contributed by atoms with Gasteiger partial charge in [0.15, 0.2) is 0 Å². The average molecular weight is 283 g/mol. The van der Waals surface area contributed by atoms with Gasteiger partial charge in [0.05, 0.1) is 11.9 Å².